The van der Waals surface area contributed by atoms with Crippen LogP contribution in [0.25, 0.3) is 0 Å². The highest BCUT2D eigenvalue weighted by Gasteiger charge is 2.67. The normalized spacial score (nSPS) is 44.7. The summed E-state index contributed by atoms with van der Waals surface area (Å²) >= 11 is -2.35. The summed E-state index contributed by atoms with van der Waals surface area (Å²) < 4.78 is 24.2. The minimum Gasteiger partial charge on any atom is -0.296 e. The van der Waals surface area contributed by atoms with Crippen LogP contribution in [0.1, 0.15) is 33.6 Å². The van der Waals surface area contributed by atoms with E-state index in [9.17, 15) is 9.00 Å². The largest absolute Gasteiger partial charge is 0.302 e. The first-order valence-electron chi connectivity index (χ1n) is 5.13. The fraction of sp³-hybridized carbons (Fsp3) is 0.900. The predicted molar refractivity (Wildman–Crippen MR) is 55.3 cm³/mol. The Morgan fingerprint density at radius 3 is 2.47 bits per heavy atom. The van der Waals surface area contributed by atoms with Crippen LogP contribution >= 0.6 is 0 Å². The minimum atomic E-state index is -2.35. The lowest BCUT2D eigenvalue weighted by Crippen LogP contribution is -2.36. The highest BCUT2D eigenvalue weighted by atomic mass is 32.2. The molecule has 4 atom stereocenters. The Bertz CT molecular complexity index is 338. The van der Waals surface area contributed by atoms with Gasteiger partial charge in [-0.3, -0.25) is 13.5 Å². The molecule has 0 saturated heterocycles. The topological polar surface area (TPSA) is 63.6 Å². The first kappa shape index (κ1) is 11.2. The molecule has 0 aromatic rings. The van der Waals surface area contributed by atoms with Gasteiger partial charge in [0, 0.05) is 5.41 Å². The molecule has 2 rings (SSSR count). The lowest BCUT2D eigenvalue weighted by Gasteiger charge is -2.31. The monoisotopic (exact) mass is 232 g/mol. The molecule has 0 amide bonds. The van der Waals surface area contributed by atoms with E-state index < -0.39 is 17.5 Å². The molecule has 0 aromatic heterocycles. The van der Waals surface area contributed by atoms with E-state index in [1.807, 2.05) is 20.8 Å². The highest BCUT2D eigenvalue weighted by molar-refractivity contribution is 7.74. The summed E-state index contributed by atoms with van der Waals surface area (Å²) in [6, 6.07) is 0. The Labute approximate surface area is 91.9 Å². The number of hydrogen-bond donors (Lipinski definition) is 1. The van der Waals surface area contributed by atoms with E-state index in [2.05, 4.69) is 0 Å². The molecule has 2 fully saturated rings. The third kappa shape index (κ3) is 1.26. The van der Waals surface area contributed by atoms with E-state index in [0.29, 0.717) is 0 Å². The third-order valence-corrected chi connectivity index (χ3v) is 5.03. The smallest absolute Gasteiger partial charge is 0.296 e. The van der Waals surface area contributed by atoms with Crippen LogP contribution < -0.4 is 0 Å². The van der Waals surface area contributed by atoms with E-state index in [0.717, 1.165) is 12.8 Å². The number of carbonyl (C=O) groups is 1. The van der Waals surface area contributed by atoms with Gasteiger partial charge in [-0.05, 0) is 24.2 Å². The van der Waals surface area contributed by atoms with Crippen LogP contribution in [0.3, 0.4) is 0 Å². The molecule has 0 aliphatic heterocycles. The first-order valence-corrected chi connectivity index (χ1v) is 6.16. The quantitative estimate of drug-likeness (QED) is 0.733. The summed E-state index contributed by atoms with van der Waals surface area (Å²) in [6.07, 6.45) is 1.07. The van der Waals surface area contributed by atoms with Crippen molar-refractivity contribution in [1.82, 2.24) is 0 Å². The van der Waals surface area contributed by atoms with Crippen molar-refractivity contribution < 1.29 is 17.7 Å². The molecule has 1 unspecified atom stereocenters. The van der Waals surface area contributed by atoms with Gasteiger partial charge in [-0.15, -0.1) is 0 Å². The molecule has 0 aromatic carbocycles. The Kier molecular flexibility index (Phi) is 2.34. The Morgan fingerprint density at radius 2 is 2.07 bits per heavy atom. The van der Waals surface area contributed by atoms with E-state index in [4.69, 9.17) is 8.74 Å². The number of hydrogen-bond acceptors (Lipinski definition) is 3. The molecule has 4 nitrogen and oxygen atoms in total. The van der Waals surface area contributed by atoms with Crippen molar-refractivity contribution in [2.24, 2.45) is 16.7 Å². The van der Waals surface area contributed by atoms with E-state index in [-0.39, 0.29) is 22.5 Å². The zero-order valence-electron chi connectivity index (χ0n) is 9.15. The van der Waals surface area contributed by atoms with Crippen LogP contribution in [0.2, 0.25) is 0 Å². The Balaban J connectivity index is 2.34. The molecule has 2 bridgehead atoms. The highest BCUT2D eigenvalue weighted by Crippen LogP contribution is 2.64. The zero-order valence-corrected chi connectivity index (χ0v) is 9.97. The lowest BCUT2D eigenvalue weighted by molar-refractivity contribution is -0.134. The van der Waals surface area contributed by atoms with E-state index in [1.165, 1.54) is 0 Å². The molecule has 5 heteroatoms. The number of carbonyl (C=O) groups excluding carboxylic acids is 1. The van der Waals surface area contributed by atoms with E-state index in [1.54, 1.807) is 0 Å². The average Bonchev–Trinajstić information content (AvgIpc) is 2.40. The van der Waals surface area contributed by atoms with Gasteiger partial charge in [0.25, 0.3) is 0 Å². The second-order valence-electron chi connectivity index (χ2n) is 5.30. The van der Waals surface area contributed by atoms with Crippen molar-refractivity contribution in [2.75, 3.05) is 0 Å². The third-order valence-electron chi connectivity index (χ3n) is 4.66. The van der Waals surface area contributed by atoms with Crippen molar-refractivity contribution in [1.29, 1.82) is 0 Å². The number of ketones is 1. The molecule has 2 saturated carbocycles. The average molecular weight is 232 g/mol. The number of rotatable bonds is 2. The lowest BCUT2D eigenvalue weighted by atomic mass is 9.70. The fourth-order valence-electron chi connectivity index (χ4n) is 3.20. The Morgan fingerprint density at radius 1 is 1.47 bits per heavy atom. The summed E-state index contributed by atoms with van der Waals surface area (Å²) in [5.74, 6) is 0.0669. The molecule has 15 heavy (non-hydrogen) atoms. The molecular formula is C10H16O4S. The zero-order chi connectivity index (χ0) is 11.4. The molecule has 0 heterocycles. The maximum atomic E-state index is 12.1. The summed E-state index contributed by atoms with van der Waals surface area (Å²) in [6.45, 7) is 6.04. The van der Waals surface area contributed by atoms with Gasteiger partial charge in [0.15, 0.2) is 5.78 Å². The van der Waals surface area contributed by atoms with Crippen LogP contribution in [-0.4, -0.2) is 20.6 Å². The van der Waals surface area contributed by atoms with Crippen molar-refractivity contribution in [3.63, 3.8) is 0 Å². The summed E-state index contributed by atoms with van der Waals surface area (Å²) in [5, 5.41) is 0. The van der Waals surface area contributed by atoms with Gasteiger partial charge < -0.3 is 0 Å². The van der Waals surface area contributed by atoms with Gasteiger partial charge in [-0.2, -0.15) is 4.21 Å². The number of Topliss-reactive ketones (excluding diaryl/α,β-unsaturated/α-hetero) is 1. The molecule has 86 valence electrons. The summed E-state index contributed by atoms with van der Waals surface area (Å²) in [5.41, 5.74) is -0.518. The van der Waals surface area contributed by atoms with Gasteiger partial charge in [0.05, 0.1) is 0 Å². The summed E-state index contributed by atoms with van der Waals surface area (Å²) in [7, 11) is 0. The standard InChI is InChI=1S/C10H16O4S/c1-9(2)6-4-5-10(9,3)8(11)7(6)14-15(12)13/h6-7H,4-5H2,1-3H3,(H,12,13)/t6-,7+,10-/m0/s1. The van der Waals surface area contributed by atoms with Gasteiger partial charge in [-0.25, -0.2) is 0 Å². The van der Waals surface area contributed by atoms with Crippen molar-refractivity contribution in [3.8, 4) is 0 Å². The fourth-order valence-corrected chi connectivity index (χ4v) is 3.60. The second-order valence-corrected chi connectivity index (χ2v) is 5.92. The van der Waals surface area contributed by atoms with Crippen molar-refractivity contribution in [3.05, 3.63) is 0 Å². The molecule has 0 spiro atoms. The Hall–Kier alpha value is -0.260. The number of fused-ring (bicyclic) bond motifs is 2. The summed E-state index contributed by atoms with van der Waals surface area (Å²) in [4.78, 5) is 12.1. The maximum Gasteiger partial charge on any atom is 0.302 e. The van der Waals surface area contributed by atoms with Gasteiger partial charge >= 0.3 is 11.4 Å². The predicted octanol–water partition coefficient (Wildman–Crippen LogP) is 1.53. The van der Waals surface area contributed by atoms with Crippen LogP contribution in [0.5, 0.6) is 0 Å². The van der Waals surface area contributed by atoms with Crippen molar-refractivity contribution in [2.45, 2.75) is 39.7 Å². The first-order chi connectivity index (χ1) is 6.80. The van der Waals surface area contributed by atoms with Crippen LogP contribution in [0.4, 0.5) is 0 Å². The molecule has 1 N–H and O–H groups in total. The van der Waals surface area contributed by atoms with Crippen LogP contribution in [-0.2, 0) is 20.3 Å². The maximum absolute atomic E-state index is 12.1. The second kappa shape index (κ2) is 3.12. The van der Waals surface area contributed by atoms with Crippen LogP contribution in [0, 0.1) is 16.7 Å². The molecular weight excluding hydrogens is 216 g/mol. The van der Waals surface area contributed by atoms with E-state index >= 15 is 0 Å². The van der Waals surface area contributed by atoms with Crippen molar-refractivity contribution >= 4 is 17.1 Å². The van der Waals surface area contributed by atoms with Crippen LogP contribution in [0.15, 0.2) is 0 Å². The van der Waals surface area contributed by atoms with Gasteiger partial charge in [0.2, 0.25) is 0 Å². The molecule has 2 aliphatic carbocycles. The molecule has 0 radical (unpaired) electrons. The van der Waals surface area contributed by atoms with Gasteiger partial charge in [-0.1, -0.05) is 20.8 Å². The van der Waals surface area contributed by atoms with Gasteiger partial charge in [0.1, 0.15) is 6.10 Å². The minimum absolute atomic E-state index is 0.00819. The SMILES string of the molecule is CC1(C)[C@H]2CC[C@@]1(C)C(=O)[C@@H]2OS(=O)O. The molecule has 2 aliphatic rings.